The molecule has 2 aromatic carbocycles. The van der Waals surface area contributed by atoms with Crippen molar-refractivity contribution < 1.29 is 4.79 Å². The average molecular weight is 333 g/mol. The third-order valence-corrected chi connectivity index (χ3v) is 4.02. The second-order valence-electron chi connectivity index (χ2n) is 4.71. The highest BCUT2D eigenvalue weighted by molar-refractivity contribution is 9.10. The molecule has 104 valence electrons. The van der Waals surface area contributed by atoms with Crippen molar-refractivity contribution in [2.75, 3.05) is 0 Å². The summed E-state index contributed by atoms with van der Waals surface area (Å²) in [5.74, 6) is -0.378. The lowest BCUT2D eigenvalue weighted by Gasteiger charge is -2.17. The van der Waals surface area contributed by atoms with Gasteiger partial charge in [-0.15, -0.1) is 0 Å². The van der Waals surface area contributed by atoms with Crippen molar-refractivity contribution in [3.05, 3.63) is 69.7 Å². The van der Waals surface area contributed by atoms with Crippen molar-refractivity contribution >= 4 is 21.8 Å². The summed E-state index contributed by atoms with van der Waals surface area (Å²) in [6.45, 7) is 2.60. The highest BCUT2D eigenvalue weighted by Crippen LogP contribution is 2.22. The number of rotatable bonds is 5. The lowest BCUT2D eigenvalue weighted by molar-refractivity contribution is -0.120. The van der Waals surface area contributed by atoms with E-state index in [1.165, 1.54) is 0 Å². The standard InChI is InChI=1S/C16H17BrN2O/c1-11-7-8-13(9-14(11)17)15(16(18)20)19-10-12-5-3-2-4-6-12/h2-9,15,19H,10H2,1H3,(H2,18,20). The van der Waals surface area contributed by atoms with Gasteiger partial charge in [0.1, 0.15) is 6.04 Å². The molecule has 3 nitrogen and oxygen atoms in total. The molecule has 4 heteroatoms. The van der Waals surface area contributed by atoms with Gasteiger partial charge in [-0.25, -0.2) is 0 Å². The maximum atomic E-state index is 11.7. The van der Waals surface area contributed by atoms with Crippen LogP contribution in [-0.2, 0) is 11.3 Å². The van der Waals surface area contributed by atoms with Crippen LogP contribution in [0.15, 0.2) is 53.0 Å². The van der Waals surface area contributed by atoms with E-state index >= 15 is 0 Å². The van der Waals surface area contributed by atoms with Crippen LogP contribution in [0.3, 0.4) is 0 Å². The summed E-state index contributed by atoms with van der Waals surface area (Å²) in [7, 11) is 0. The van der Waals surface area contributed by atoms with Crippen molar-refractivity contribution in [2.24, 2.45) is 5.73 Å². The Morgan fingerprint density at radius 3 is 2.55 bits per heavy atom. The van der Waals surface area contributed by atoms with E-state index in [-0.39, 0.29) is 5.91 Å². The second-order valence-corrected chi connectivity index (χ2v) is 5.56. The number of aryl methyl sites for hydroxylation is 1. The van der Waals surface area contributed by atoms with Crippen LogP contribution in [0.4, 0.5) is 0 Å². The van der Waals surface area contributed by atoms with Crippen LogP contribution in [0.1, 0.15) is 22.7 Å². The second kappa shape index (κ2) is 6.68. The largest absolute Gasteiger partial charge is 0.368 e. The first-order valence-corrected chi connectivity index (χ1v) is 7.20. The summed E-state index contributed by atoms with van der Waals surface area (Å²) in [4.78, 5) is 11.7. The highest BCUT2D eigenvalue weighted by Gasteiger charge is 2.17. The van der Waals surface area contributed by atoms with Crippen LogP contribution in [0.2, 0.25) is 0 Å². The van der Waals surface area contributed by atoms with E-state index in [4.69, 9.17) is 5.73 Å². The first kappa shape index (κ1) is 14.8. The van der Waals surface area contributed by atoms with E-state index in [9.17, 15) is 4.79 Å². The van der Waals surface area contributed by atoms with E-state index < -0.39 is 6.04 Å². The molecule has 0 saturated carbocycles. The minimum absolute atomic E-state index is 0.378. The molecule has 0 aromatic heterocycles. The molecule has 0 spiro atoms. The predicted octanol–water partition coefficient (Wildman–Crippen LogP) is 3.07. The number of nitrogens with one attached hydrogen (secondary N) is 1. The van der Waals surface area contributed by atoms with Crippen LogP contribution >= 0.6 is 15.9 Å². The average Bonchev–Trinajstić information content (AvgIpc) is 2.43. The van der Waals surface area contributed by atoms with E-state index in [0.717, 1.165) is 21.2 Å². The van der Waals surface area contributed by atoms with Gasteiger partial charge in [-0.3, -0.25) is 10.1 Å². The first-order chi connectivity index (χ1) is 9.58. The molecule has 0 aliphatic carbocycles. The number of primary amides is 1. The molecule has 1 amide bonds. The molecule has 20 heavy (non-hydrogen) atoms. The van der Waals surface area contributed by atoms with Gasteiger partial charge in [0, 0.05) is 11.0 Å². The minimum Gasteiger partial charge on any atom is -0.368 e. The number of nitrogens with two attached hydrogens (primary N) is 1. The summed E-state index contributed by atoms with van der Waals surface area (Å²) in [5.41, 5.74) is 8.61. The van der Waals surface area contributed by atoms with Crippen molar-refractivity contribution in [1.29, 1.82) is 0 Å². The van der Waals surface area contributed by atoms with Crippen molar-refractivity contribution in [3.8, 4) is 0 Å². The van der Waals surface area contributed by atoms with Crippen molar-refractivity contribution in [3.63, 3.8) is 0 Å². The molecule has 0 aliphatic rings. The van der Waals surface area contributed by atoms with Gasteiger partial charge in [0.25, 0.3) is 0 Å². The number of carbonyl (C=O) groups excluding carboxylic acids is 1. The quantitative estimate of drug-likeness (QED) is 0.884. The molecule has 0 aliphatic heterocycles. The zero-order chi connectivity index (χ0) is 14.5. The van der Waals surface area contributed by atoms with Gasteiger partial charge in [-0.1, -0.05) is 58.4 Å². The number of hydrogen-bond acceptors (Lipinski definition) is 2. The maximum absolute atomic E-state index is 11.7. The van der Waals surface area contributed by atoms with Gasteiger partial charge >= 0.3 is 0 Å². The Hall–Kier alpha value is -1.65. The molecule has 0 bridgehead atoms. The van der Waals surface area contributed by atoms with Crippen molar-refractivity contribution in [2.45, 2.75) is 19.5 Å². The number of hydrogen-bond donors (Lipinski definition) is 2. The van der Waals surface area contributed by atoms with Gasteiger partial charge in [-0.2, -0.15) is 0 Å². The Morgan fingerprint density at radius 1 is 1.25 bits per heavy atom. The normalized spacial score (nSPS) is 12.1. The van der Waals surface area contributed by atoms with Crippen molar-refractivity contribution in [1.82, 2.24) is 5.32 Å². The van der Waals surface area contributed by atoms with Gasteiger partial charge in [0.2, 0.25) is 5.91 Å². The van der Waals surface area contributed by atoms with Gasteiger partial charge in [0.15, 0.2) is 0 Å². The molecule has 0 saturated heterocycles. The molecule has 0 radical (unpaired) electrons. The fourth-order valence-electron chi connectivity index (χ4n) is 1.99. The van der Waals surface area contributed by atoms with Gasteiger partial charge < -0.3 is 5.73 Å². The lowest BCUT2D eigenvalue weighted by atomic mass is 10.0. The molecular formula is C16H17BrN2O. The molecule has 3 N–H and O–H groups in total. The Kier molecular flexibility index (Phi) is 4.93. The van der Waals surface area contributed by atoms with Gasteiger partial charge in [0.05, 0.1) is 0 Å². The van der Waals surface area contributed by atoms with Crippen LogP contribution < -0.4 is 11.1 Å². The van der Waals surface area contributed by atoms with Crippen LogP contribution in [0.25, 0.3) is 0 Å². The Morgan fingerprint density at radius 2 is 1.95 bits per heavy atom. The molecule has 0 heterocycles. The number of amides is 1. The Balaban J connectivity index is 2.15. The molecule has 2 aromatic rings. The fourth-order valence-corrected chi connectivity index (χ4v) is 2.38. The van der Waals surface area contributed by atoms with E-state index in [1.807, 2.05) is 55.5 Å². The highest BCUT2D eigenvalue weighted by atomic mass is 79.9. The first-order valence-electron chi connectivity index (χ1n) is 6.40. The molecule has 1 unspecified atom stereocenters. The van der Waals surface area contributed by atoms with E-state index in [0.29, 0.717) is 6.54 Å². The summed E-state index contributed by atoms with van der Waals surface area (Å²) >= 11 is 3.48. The SMILES string of the molecule is Cc1ccc(C(NCc2ccccc2)C(N)=O)cc1Br. The maximum Gasteiger partial charge on any atom is 0.239 e. The Bertz CT molecular complexity index is 599. The van der Waals surface area contributed by atoms with Crippen LogP contribution in [-0.4, -0.2) is 5.91 Å². The minimum atomic E-state index is -0.493. The predicted molar refractivity (Wildman–Crippen MR) is 84.1 cm³/mol. The molecule has 1 atom stereocenters. The number of halogens is 1. The molecule has 2 rings (SSSR count). The zero-order valence-corrected chi connectivity index (χ0v) is 12.9. The smallest absolute Gasteiger partial charge is 0.239 e. The molecule has 0 fully saturated rings. The van der Waals surface area contributed by atoms with E-state index in [2.05, 4.69) is 21.2 Å². The third kappa shape index (κ3) is 3.68. The fraction of sp³-hybridized carbons (Fsp3) is 0.188. The molecular weight excluding hydrogens is 316 g/mol. The number of benzene rings is 2. The number of carbonyl (C=O) groups is 1. The Labute approximate surface area is 127 Å². The zero-order valence-electron chi connectivity index (χ0n) is 11.3. The topological polar surface area (TPSA) is 55.1 Å². The third-order valence-electron chi connectivity index (χ3n) is 3.17. The summed E-state index contributed by atoms with van der Waals surface area (Å²) in [6, 6.07) is 15.3. The monoisotopic (exact) mass is 332 g/mol. The summed E-state index contributed by atoms with van der Waals surface area (Å²) < 4.78 is 0.975. The van der Waals surface area contributed by atoms with E-state index in [1.54, 1.807) is 0 Å². The lowest BCUT2D eigenvalue weighted by Crippen LogP contribution is -2.33. The van der Waals surface area contributed by atoms with Crippen LogP contribution in [0.5, 0.6) is 0 Å². The summed E-state index contributed by atoms with van der Waals surface area (Å²) in [6.07, 6.45) is 0. The van der Waals surface area contributed by atoms with Gasteiger partial charge in [-0.05, 0) is 29.7 Å². The van der Waals surface area contributed by atoms with Crippen LogP contribution in [0, 0.1) is 6.92 Å². The summed E-state index contributed by atoms with van der Waals surface area (Å²) in [5, 5.41) is 3.20.